The maximum Gasteiger partial charge on any atom is 0.336 e. The van der Waals surface area contributed by atoms with Crippen molar-refractivity contribution in [1.82, 2.24) is 0 Å². The van der Waals surface area contributed by atoms with E-state index < -0.39 is 5.97 Å². The fourth-order valence-electron chi connectivity index (χ4n) is 4.78. The Morgan fingerprint density at radius 3 is 2.61 bits per heavy atom. The minimum atomic E-state index is -0.899. The summed E-state index contributed by atoms with van der Waals surface area (Å²) in [5.41, 5.74) is 6.87. The van der Waals surface area contributed by atoms with E-state index in [9.17, 15) is 9.90 Å². The first-order chi connectivity index (χ1) is 14.9. The van der Waals surface area contributed by atoms with Crippen molar-refractivity contribution in [3.8, 4) is 21.6 Å². The van der Waals surface area contributed by atoms with Gasteiger partial charge in [-0.3, -0.25) is 0 Å². The molecule has 3 heteroatoms. The minimum Gasteiger partial charge on any atom is -0.478 e. The lowest BCUT2D eigenvalue weighted by Crippen LogP contribution is -2.19. The standard InChI is InChI=1S/C28H24O2S/c1-17-11-12-21(27(29)30)26(25(17)24-10-6-14-31-24)20-9-4-7-18-16-23-19(15-22(18)20)8-5-13-28(23,2)3/h4-12,14-16H,13H2,1-3H3,(H,29,30). The molecule has 0 saturated heterocycles. The molecule has 0 unspecified atom stereocenters. The van der Waals surface area contributed by atoms with Crippen molar-refractivity contribution in [2.24, 2.45) is 0 Å². The van der Waals surface area contributed by atoms with Gasteiger partial charge in [-0.25, -0.2) is 4.79 Å². The Balaban J connectivity index is 1.89. The number of allylic oxidation sites excluding steroid dienone is 1. The molecule has 0 atom stereocenters. The molecule has 4 aromatic rings. The van der Waals surface area contributed by atoms with Crippen LogP contribution in [-0.4, -0.2) is 11.1 Å². The number of carboxylic acids is 1. The third kappa shape index (κ3) is 3.21. The molecule has 5 rings (SSSR count). The molecule has 0 fully saturated rings. The Labute approximate surface area is 186 Å². The molecule has 1 aromatic heterocycles. The van der Waals surface area contributed by atoms with Crippen molar-refractivity contribution >= 4 is 34.2 Å². The minimum absolute atomic E-state index is 0.0893. The number of rotatable bonds is 3. The van der Waals surface area contributed by atoms with Crippen molar-refractivity contribution in [1.29, 1.82) is 0 Å². The summed E-state index contributed by atoms with van der Waals surface area (Å²) >= 11 is 1.64. The van der Waals surface area contributed by atoms with E-state index in [2.05, 4.69) is 63.3 Å². The summed E-state index contributed by atoms with van der Waals surface area (Å²) in [6.45, 7) is 6.62. The van der Waals surface area contributed by atoms with Crippen LogP contribution in [-0.2, 0) is 5.41 Å². The van der Waals surface area contributed by atoms with Crippen molar-refractivity contribution in [2.75, 3.05) is 0 Å². The van der Waals surface area contributed by atoms with Crippen LogP contribution in [0, 0.1) is 6.92 Å². The van der Waals surface area contributed by atoms with E-state index in [0.29, 0.717) is 5.56 Å². The van der Waals surface area contributed by atoms with Gasteiger partial charge in [-0.2, -0.15) is 0 Å². The third-order valence-electron chi connectivity index (χ3n) is 6.39. The highest BCUT2D eigenvalue weighted by Crippen LogP contribution is 2.44. The molecule has 0 aliphatic heterocycles. The number of aromatic carboxylic acids is 1. The topological polar surface area (TPSA) is 37.3 Å². The zero-order valence-corrected chi connectivity index (χ0v) is 18.7. The number of carbonyl (C=O) groups is 1. The SMILES string of the molecule is Cc1ccc(C(=O)O)c(-c2cccc3cc4c(cc23)C=CCC4(C)C)c1-c1cccs1. The predicted molar refractivity (Wildman–Crippen MR) is 131 cm³/mol. The molecular formula is C28H24O2S. The quantitative estimate of drug-likeness (QED) is 0.362. The summed E-state index contributed by atoms with van der Waals surface area (Å²) in [6.07, 6.45) is 5.46. The Bertz CT molecular complexity index is 1360. The van der Waals surface area contributed by atoms with Crippen LogP contribution >= 0.6 is 11.3 Å². The van der Waals surface area contributed by atoms with Crippen LogP contribution in [0.15, 0.2) is 66.1 Å². The normalized spacial score (nSPS) is 14.5. The van der Waals surface area contributed by atoms with Gasteiger partial charge in [0.15, 0.2) is 0 Å². The zero-order chi connectivity index (χ0) is 21.8. The molecule has 1 aliphatic carbocycles. The average Bonchev–Trinajstić information content (AvgIpc) is 3.26. The molecule has 1 aliphatic rings. The number of thiophene rings is 1. The second-order valence-electron chi connectivity index (χ2n) is 8.92. The van der Waals surface area contributed by atoms with E-state index in [-0.39, 0.29) is 5.41 Å². The first kappa shape index (κ1) is 19.8. The lowest BCUT2D eigenvalue weighted by molar-refractivity contribution is 0.0698. The molecule has 31 heavy (non-hydrogen) atoms. The molecule has 1 heterocycles. The number of carboxylic acid groups (broad SMARTS) is 1. The van der Waals surface area contributed by atoms with Crippen molar-refractivity contribution in [2.45, 2.75) is 32.6 Å². The first-order valence-corrected chi connectivity index (χ1v) is 11.4. The van der Waals surface area contributed by atoms with Gasteiger partial charge in [0.05, 0.1) is 5.56 Å². The smallest absolute Gasteiger partial charge is 0.336 e. The van der Waals surface area contributed by atoms with Gasteiger partial charge in [0, 0.05) is 16.0 Å². The van der Waals surface area contributed by atoms with E-state index in [1.165, 1.54) is 11.1 Å². The molecule has 1 N–H and O–H groups in total. The lowest BCUT2D eigenvalue weighted by atomic mass is 9.74. The first-order valence-electron chi connectivity index (χ1n) is 10.5. The molecule has 0 amide bonds. The summed E-state index contributed by atoms with van der Waals surface area (Å²) in [6, 6.07) is 18.5. The van der Waals surface area contributed by atoms with Crippen molar-refractivity contribution in [3.05, 3.63) is 88.3 Å². The Morgan fingerprint density at radius 1 is 1.03 bits per heavy atom. The Kier molecular flexibility index (Phi) is 4.60. The second-order valence-corrected chi connectivity index (χ2v) is 9.87. The molecule has 3 aromatic carbocycles. The van der Waals surface area contributed by atoms with Gasteiger partial charge >= 0.3 is 5.97 Å². The second kappa shape index (κ2) is 7.21. The summed E-state index contributed by atoms with van der Waals surface area (Å²) < 4.78 is 0. The number of aryl methyl sites for hydroxylation is 1. The monoisotopic (exact) mass is 424 g/mol. The number of benzene rings is 3. The Hall–Kier alpha value is -3.17. The highest BCUT2D eigenvalue weighted by Gasteiger charge is 2.26. The van der Waals surface area contributed by atoms with Crippen LogP contribution < -0.4 is 0 Å². The van der Waals surface area contributed by atoms with Gasteiger partial charge in [0.1, 0.15) is 0 Å². The summed E-state index contributed by atoms with van der Waals surface area (Å²) in [5, 5.41) is 14.3. The molecule has 0 bridgehead atoms. The van der Waals surface area contributed by atoms with Gasteiger partial charge < -0.3 is 5.11 Å². The number of hydrogen-bond donors (Lipinski definition) is 1. The molecule has 0 saturated carbocycles. The number of hydrogen-bond acceptors (Lipinski definition) is 2. The molecule has 2 nitrogen and oxygen atoms in total. The van der Waals surface area contributed by atoms with Crippen LogP contribution in [0.5, 0.6) is 0 Å². The lowest BCUT2D eigenvalue weighted by Gasteiger charge is -2.30. The largest absolute Gasteiger partial charge is 0.478 e. The molecular weight excluding hydrogens is 400 g/mol. The van der Waals surface area contributed by atoms with Crippen LogP contribution in [0.25, 0.3) is 38.4 Å². The molecule has 0 spiro atoms. The number of fused-ring (bicyclic) bond motifs is 2. The maximum absolute atomic E-state index is 12.3. The predicted octanol–water partition coefficient (Wildman–Crippen LogP) is 7.94. The summed E-state index contributed by atoms with van der Waals surface area (Å²) in [7, 11) is 0. The van der Waals surface area contributed by atoms with Gasteiger partial charge in [-0.1, -0.05) is 56.3 Å². The fourth-order valence-corrected chi connectivity index (χ4v) is 5.62. The molecule has 0 radical (unpaired) electrons. The van der Waals surface area contributed by atoms with Gasteiger partial charge in [0.25, 0.3) is 0 Å². The van der Waals surface area contributed by atoms with Crippen LogP contribution in [0.3, 0.4) is 0 Å². The van der Waals surface area contributed by atoms with Gasteiger partial charge in [-0.15, -0.1) is 11.3 Å². The van der Waals surface area contributed by atoms with Gasteiger partial charge in [0.2, 0.25) is 0 Å². The van der Waals surface area contributed by atoms with Crippen LogP contribution in [0.2, 0.25) is 0 Å². The van der Waals surface area contributed by atoms with Crippen molar-refractivity contribution in [3.63, 3.8) is 0 Å². The fraction of sp³-hybridized carbons (Fsp3) is 0.179. The zero-order valence-electron chi connectivity index (χ0n) is 17.9. The summed E-state index contributed by atoms with van der Waals surface area (Å²) in [4.78, 5) is 13.4. The van der Waals surface area contributed by atoms with E-state index in [1.807, 2.05) is 23.6 Å². The van der Waals surface area contributed by atoms with E-state index in [4.69, 9.17) is 0 Å². The average molecular weight is 425 g/mol. The highest BCUT2D eigenvalue weighted by molar-refractivity contribution is 7.13. The molecule has 154 valence electrons. The maximum atomic E-state index is 12.3. The van der Waals surface area contributed by atoms with E-state index >= 15 is 0 Å². The van der Waals surface area contributed by atoms with Crippen LogP contribution in [0.1, 0.15) is 47.3 Å². The van der Waals surface area contributed by atoms with E-state index in [0.717, 1.165) is 44.3 Å². The Morgan fingerprint density at radius 2 is 1.87 bits per heavy atom. The third-order valence-corrected chi connectivity index (χ3v) is 7.27. The highest BCUT2D eigenvalue weighted by atomic mass is 32.1. The van der Waals surface area contributed by atoms with E-state index in [1.54, 1.807) is 17.4 Å². The van der Waals surface area contributed by atoms with Crippen LogP contribution in [0.4, 0.5) is 0 Å². The summed E-state index contributed by atoms with van der Waals surface area (Å²) in [5.74, 6) is -0.899. The van der Waals surface area contributed by atoms with Crippen molar-refractivity contribution < 1.29 is 9.90 Å². The van der Waals surface area contributed by atoms with Gasteiger partial charge in [-0.05, 0) is 81.4 Å².